The summed E-state index contributed by atoms with van der Waals surface area (Å²) < 4.78 is 1.04. The number of aliphatic hydroxyl groups excluding tert-OH is 1. The van der Waals surface area contributed by atoms with E-state index in [1.165, 1.54) is 0 Å². The Labute approximate surface area is 94.4 Å². The van der Waals surface area contributed by atoms with Gasteiger partial charge in [0, 0.05) is 15.4 Å². The van der Waals surface area contributed by atoms with Crippen LogP contribution in [-0.2, 0) is 6.61 Å². The van der Waals surface area contributed by atoms with Crippen molar-refractivity contribution in [3.63, 3.8) is 0 Å². The summed E-state index contributed by atoms with van der Waals surface area (Å²) in [5.74, 6) is 0. The van der Waals surface area contributed by atoms with Gasteiger partial charge in [-0.3, -0.25) is 0 Å². The number of hydrogen-bond donors (Lipinski definition) is 1. The molecule has 1 aromatic carbocycles. The Morgan fingerprint density at radius 2 is 2.29 bits per heavy atom. The zero-order chi connectivity index (χ0) is 9.97. The van der Waals surface area contributed by atoms with Gasteiger partial charge in [-0.2, -0.15) is 0 Å². The van der Waals surface area contributed by atoms with E-state index in [9.17, 15) is 0 Å². The summed E-state index contributed by atoms with van der Waals surface area (Å²) in [5.41, 5.74) is 1.80. The summed E-state index contributed by atoms with van der Waals surface area (Å²) in [4.78, 5) is 4.29. The summed E-state index contributed by atoms with van der Waals surface area (Å²) in [7, 11) is 0. The smallest absolute Gasteiger partial charge is 0.123 e. The van der Waals surface area contributed by atoms with Crippen LogP contribution in [0.3, 0.4) is 0 Å². The van der Waals surface area contributed by atoms with Crippen molar-refractivity contribution < 1.29 is 5.11 Å². The van der Waals surface area contributed by atoms with Crippen molar-refractivity contribution in [3.05, 3.63) is 39.8 Å². The lowest BCUT2D eigenvalue weighted by Crippen LogP contribution is -1.82. The molecule has 4 heteroatoms. The Bertz CT molecular complexity index is 441. The monoisotopic (exact) mass is 269 g/mol. The lowest BCUT2D eigenvalue weighted by Gasteiger charge is -1.96. The van der Waals surface area contributed by atoms with E-state index in [1.54, 1.807) is 11.3 Å². The molecule has 1 heterocycles. The predicted molar refractivity (Wildman–Crippen MR) is 61.2 cm³/mol. The van der Waals surface area contributed by atoms with Crippen LogP contribution in [0.1, 0.15) is 5.69 Å². The minimum Gasteiger partial charge on any atom is -0.390 e. The summed E-state index contributed by atoms with van der Waals surface area (Å²) in [6, 6.07) is 7.97. The molecule has 0 amide bonds. The number of thiazole rings is 1. The molecule has 0 radical (unpaired) electrons. The Kier molecular flexibility index (Phi) is 2.96. The van der Waals surface area contributed by atoms with E-state index >= 15 is 0 Å². The van der Waals surface area contributed by atoms with Gasteiger partial charge < -0.3 is 5.11 Å². The van der Waals surface area contributed by atoms with E-state index in [1.807, 2.05) is 29.6 Å². The fourth-order valence-corrected chi connectivity index (χ4v) is 2.34. The van der Waals surface area contributed by atoms with Gasteiger partial charge in [-0.25, -0.2) is 4.98 Å². The second-order valence-electron chi connectivity index (χ2n) is 2.81. The van der Waals surface area contributed by atoms with Gasteiger partial charge in [0.1, 0.15) is 5.01 Å². The quantitative estimate of drug-likeness (QED) is 0.909. The van der Waals surface area contributed by atoms with Gasteiger partial charge in [-0.15, -0.1) is 11.3 Å². The van der Waals surface area contributed by atoms with Crippen molar-refractivity contribution in [3.8, 4) is 10.6 Å². The van der Waals surface area contributed by atoms with Crippen LogP contribution in [0.25, 0.3) is 10.6 Å². The fourth-order valence-electron chi connectivity index (χ4n) is 1.13. The largest absolute Gasteiger partial charge is 0.390 e. The number of aromatic nitrogens is 1. The molecule has 72 valence electrons. The summed E-state index contributed by atoms with van der Waals surface area (Å²) >= 11 is 4.95. The molecule has 0 aliphatic rings. The molecule has 0 saturated heterocycles. The van der Waals surface area contributed by atoms with Crippen LogP contribution >= 0.6 is 27.3 Å². The van der Waals surface area contributed by atoms with Gasteiger partial charge in [-0.1, -0.05) is 28.1 Å². The molecule has 1 aromatic heterocycles. The molecule has 2 nitrogen and oxygen atoms in total. The lowest BCUT2D eigenvalue weighted by molar-refractivity contribution is 0.278. The standard InChI is InChI=1S/C10H8BrNOS/c11-8-3-1-2-7(4-8)10-12-9(5-13)6-14-10/h1-4,6,13H,5H2. The van der Waals surface area contributed by atoms with Crippen LogP contribution < -0.4 is 0 Å². The minimum atomic E-state index is 0.00447. The van der Waals surface area contributed by atoms with Gasteiger partial charge in [0.2, 0.25) is 0 Å². The van der Waals surface area contributed by atoms with Crippen LogP contribution in [0.5, 0.6) is 0 Å². The highest BCUT2D eigenvalue weighted by molar-refractivity contribution is 9.10. The molecule has 2 rings (SSSR count). The number of aliphatic hydroxyl groups is 1. The molecule has 0 aliphatic carbocycles. The normalized spacial score (nSPS) is 10.4. The highest BCUT2D eigenvalue weighted by Crippen LogP contribution is 2.25. The third kappa shape index (κ3) is 2.03. The van der Waals surface area contributed by atoms with Crippen molar-refractivity contribution >= 4 is 27.3 Å². The number of hydrogen-bond acceptors (Lipinski definition) is 3. The highest BCUT2D eigenvalue weighted by Gasteiger charge is 2.03. The molecule has 0 spiro atoms. The van der Waals surface area contributed by atoms with E-state index in [4.69, 9.17) is 5.11 Å². The molecule has 0 bridgehead atoms. The molecule has 14 heavy (non-hydrogen) atoms. The summed E-state index contributed by atoms with van der Waals surface area (Å²) in [6.07, 6.45) is 0. The first kappa shape index (κ1) is 9.83. The first-order valence-electron chi connectivity index (χ1n) is 4.11. The van der Waals surface area contributed by atoms with Crippen LogP contribution in [0, 0.1) is 0 Å². The minimum absolute atomic E-state index is 0.00447. The predicted octanol–water partition coefficient (Wildman–Crippen LogP) is 3.06. The first-order valence-corrected chi connectivity index (χ1v) is 5.78. The lowest BCUT2D eigenvalue weighted by atomic mass is 10.2. The van der Waals surface area contributed by atoms with Crippen LogP contribution in [0.4, 0.5) is 0 Å². The zero-order valence-electron chi connectivity index (χ0n) is 7.27. The highest BCUT2D eigenvalue weighted by atomic mass is 79.9. The number of benzene rings is 1. The summed E-state index contributed by atoms with van der Waals surface area (Å²) in [5, 5.41) is 11.7. The molecular weight excluding hydrogens is 262 g/mol. The van der Waals surface area contributed by atoms with Crippen molar-refractivity contribution in [2.75, 3.05) is 0 Å². The molecular formula is C10H8BrNOS. The Balaban J connectivity index is 2.39. The maximum absolute atomic E-state index is 8.89. The molecule has 1 N–H and O–H groups in total. The van der Waals surface area contributed by atoms with Crippen LogP contribution in [-0.4, -0.2) is 10.1 Å². The number of halogens is 1. The van der Waals surface area contributed by atoms with E-state index in [0.717, 1.165) is 20.7 Å². The van der Waals surface area contributed by atoms with Crippen molar-refractivity contribution in [2.45, 2.75) is 6.61 Å². The van der Waals surface area contributed by atoms with Gasteiger partial charge in [0.15, 0.2) is 0 Å². The average molecular weight is 270 g/mol. The number of rotatable bonds is 2. The number of nitrogens with zero attached hydrogens (tertiary/aromatic N) is 1. The van der Waals surface area contributed by atoms with E-state index in [2.05, 4.69) is 20.9 Å². The molecule has 0 unspecified atom stereocenters. The average Bonchev–Trinajstić information content (AvgIpc) is 2.66. The third-order valence-electron chi connectivity index (χ3n) is 1.79. The van der Waals surface area contributed by atoms with Crippen molar-refractivity contribution in [1.82, 2.24) is 4.98 Å². The van der Waals surface area contributed by atoms with E-state index < -0.39 is 0 Å². The van der Waals surface area contributed by atoms with Crippen molar-refractivity contribution in [1.29, 1.82) is 0 Å². The van der Waals surface area contributed by atoms with Gasteiger partial charge in [0.25, 0.3) is 0 Å². The van der Waals surface area contributed by atoms with Crippen LogP contribution in [0.15, 0.2) is 34.1 Å². The Morgan fingerprint density at radius 1 is 1.43 bits per heavy atom. The fraction of sp³-hybridized carbons (Fsp3) is 0.100. The Morgan fingerprint density at radius 3 is 2.93 bits per heavy atom. The van der Waals surface area contributed by atoms with Crippen LogP contribution in [0.2, 0.25) is 0 Å². The molecule has 0 fully saturated rings. The third-order valence-corrected chi connectivity index (χ3v) is 3.22. The Hall–Kier alpha value is -0.710. The van der Waals surface area contributed by atoms with E-state index in [-0.39, 0.29) is 6.61 Å². The van der Waals surface area contributed by atoms with Crippen molar-refractivity contribution in [2.24, 2.45) is 0 Å². The second kappa shape index (κ2) is 4.21. The SMILES string of the molecule is OCc1csc(-c2cccc(Br)c2)n1. The zero-order valence-corrected chi connectivity index (χ0v) is 9.68. The maximum Gasteiger partial charge on any atom is 0.123 e. The molecule has 2 aromatic rings. The van der Waals surface area contributed by atoms with Gasteiger partial charge in [-0.05, 0) is 12.1 Å². The van der Waals surface area contributed by atoms with E-state index in [0.29, 0.717) is 0 Å². The maximum atomic E-state index is 8.89. The molecule has 0 saturated carbocycles. The van der Waals surface area contributed by atoms with Gasteiger partial charge in [0.05, 0.1) is 12.3 Å². The topological polar surface area (TPSA) is 33.1 Å². The second-order valence-corrected chi connectivity index (χ2v) is 4.59. The molecule has 0 aliphatic heterocycles. The first-order chi connectivity index (χ1) is 6.79. The van der Waals surface area contributed by atoms with Gasteiger partial charge >= 0.3 is 0 Å². The molecule has 0 atom stereocenters. The summed E-state index contributed by atoms with van der Waals surface area (Å²) in [6.45, 7) is 0.00447.